The summed E-state index contributed by atoms with van der Waals surface area (Å²) in [6.07, 6.45) is 0. The summed E-state index contributed by atoms with van der Waals surface area (Å²) in [5.41, 5.74) is 1.53. The Labute approximate surface area is 90.0 Å². The minimum Gasteiger partial charge on any atom is -0.288 e. The highest BCUT2D eigenvalue weighted by Crippen LogP contribution is 2.24. The van der Waals surface area contributed by atoms with Crippen molar-refractivity contribution in [3.05, 3.63) is 48.5 Å². The topological polar surface area (TPSA) is 26.3 Å². The predicted octanol–water partition coefficient (Wildman–Crippen LogP) is 4.36. The van der Waals surface area contributed by atoms with Gasteiger partial charge in [-0.05, 0) is 24.3 Å². The molecule has 3 rings (SSSR count). The van der Waals surface area contributed by atoms with Gasteiger partial charge in [0.2, 0.25) is 0 Å². The largest absolute Gasteiger partial charge is 0.288 e. The molecule has 0 saturated carbocycles. The maximum Gasteiger partial charge on any atom is 0.195 e. The Morgan fingerprint density at radius 3 is 1.67 bits per heavy atom. The third kappa shape index (κ3) is 1.51. The molecule has 3 heteroatoms. The zero-order chi connectivity index (χ0) is 10.1. The molecule has 0 spiro atoms. The van der Waals surface area contributed by atoms with Crippen molar-refractivity contribution in [2.75, 3.05) is 0 Å². The smallest absolute Gasteiger partial charge is 0.195 e. The summed E-state index contributed by atoms with van der Waals surface area (Å²) in [4.78, 5) is 0. The van der Waals surface area contributed by atoms with Crippen molar-refractivity contribution in [3.63, 3.8) is 0 Å². The number of hydrogen-bond donors (Lipinski definition) is 0. The molecule has 15 heavy (non-hydrogen) atoms. The van der Waals surface area contributed by atoms with Crippen LogP contribution in [0.3, 0.4) is 0 Å². The van der Waals surface area contributed by atoms with Crippen LogP contribution < -0.4 is 0 Å². The fourth-order valence-corrected chi connectivity index (χ4v) is 2.35. The first-order valence-electron chi connectivity index (χ1n) is 4.64. The first-order valence-corrected chi connectivity index (χ1v) is 5.45. The van der Waals surface area contributed by atoms with Crippen LogP contribution in [-0.2, 0) is 0 Å². The quantitative estimate of drug-likeness (QED) is 0.522. The lowest BCUT2D eigenvalue weighted by atomic mass is 10.4. The van der Waals surface area contributed by atoms with E-state index < -0.39 is 0 Å². The van der Waals surface area contributed by atoms with Gasteiger partial charge in [-0.25, -0.2) is 0 Å². The highest BCUT2D eigenvalue weighted by Gasteiger charge is 1.98. The maximum absolute atomic E-state index is 5.25. The number of rotatable bonds is 0. The Morgan fingerprint density at radius 2 is 1.13 bits per heavy atom. The van der Waals surface area contributed by atoms with Crippen LogP contribution in [0.25, 0.3) is 20.6 Å². The maximum atomic E-state index is 5.25. The molecule has 3 aromatic rings. The van der Waals surface area contributed by atoms with E-state index in [1.54, 1.807) is 11.3 Å². The lowest BCUT2D eigenvalue weighted by molar-refractivity contribution is 0.0916. The van der Waals surface area contributed by atoms with E-state index in [0.29, 0.717) is 0 Å². The molecule has 1 aromatic heterocycles. The van der Waals surface area contributed by atoms with Crippen LogP contribution in [0.5, 0.6) is 0 Å². The van der Waals surface area contributed by atoms with Crippen LogP contribution in [0.4, 0.5) is 0 Å². The fraction of sp³-hybridized carbons (Fsp3) is 0. The van der Waals surface area contributed by atoms with E-state index in [4.69, 9.17) is 9.15 Å². The van der Waals surface area contributed by atoms with Crippen molar-refractivity contribution in [1.29, 1.82) is 0 Å². The first kappa shape index (κ1) is 8.56. The first-order chi connectivity index (χ1) is 7.43. The summed E-state index contributed by atoms with van der Waals surface area (Å²) < 4.78 is 12.7. The number of para-hydroxylation sites is 2. The number of hydrogen-bond acceptors (Lipinski definition) is 3. The molecule has 0 aliphatic carbocycles. The fourth-order valence-electron chi connectivity index (χ4n) is 1.41. The molecular weight excluding hydrogens is 208 g/mol. The van der Waals surface area contributed by atoms with Crippen molar-refractivity contribution >= 4 is 31.9 Å². The van der Waals surface area contributed by atoms with Gasteiger partial charge in [0.05, 0.1) is 9.40 Å². The van der Waals surface area contributed by atoms with Gasteiger partial charge in [-0.2, -0.15) is 0 Å². The molecule has 0 amide bonds. The van der Waals surface area contributed by atoms with Crippen LogP contribution >= 0.6 is 11.3 Å². The van der Waals surface area contributed by atoms with Gasteiger partial charge in [-0.3, -0.25) is 9.15 Å². The summed E-state index contributed by atoms with van der Waals surface area (Å²) in [7, 11) is 0. The lowest BCUT2D eigenvalue weighted by Crippen LogP contribution is -1.60. The molecule has 1 heterocycles. The normalized spacial score (nSPS) is 10.7. The second-order valence-electron chi connectivity index (χ2n) is 3.16. The molecule has 0 aliphatic heterocycles. The zero-order valence-corrected chi connectivity index (χ0v) is 8.66. The molecule has 0 unspecified atom stereocenters. The van der Waals surface area contributed by atoms with Gasteiger partial charge in [-0.15, -0.1) is 11.3 Å². The highest BCUT2D eigenvalue weighted by atomic mass is 32.1. The van der Waals surface area contributed by atoms with Crippen molar-refractivity contribution in [2.24, 2.45) is 0 Å². The van der Waals surface area contributed by atoms with Crippen molar-refractivity contribution in [1.82, 2.24) is 0 Å². The predicted molar refractivity (Wildman–Crippen MR) is 61.5 cm³/mol. The second kappa shape index (κ2) is 3.44. The summed E-state index contributed by atoms with van der Waals surface area (Å²) in [6.45, 7) is 0. The van der Waals surface area contributed by atoms with E-state index >= 15 is 0 Å². The van der Waals surface area contributed by atoms with Crippen LogP contribution in [0.1, 0.15) is 0 Å². The third-order valence-corrected chi connectivity index (χ3v) is 3.25. The lowest BCUT2D eigenvalue weighted by Gasteiger charge is -1.85. The summed E-state index contributed by atoms with van der Waals surface area (Å²) >= 11 is 1.65. The zero-order valence-electron chi connectivity index (χ0n) is 7.84. The molecule has 0 aliphatic rings. The van der Waals surface area contributed by atoms with E-state index in [2.05, 4.69) is 0 Å². The Balaban J connectivity index is 2.54. The van der Waals surface area contributed by atoms with Gasteiger partial charge in [0.15, 0.2) is 11.2 Å². The van der Waals surface area contributed by atoms with E-state index in [0.717, 1.165) is 20.6 Å². The monoisotopic (exact) mass is 216 g/mol. The standard InChI is InChI=1S/C12H8O2S/c1-3-7-11-9(5-1)13-14-10-6-2-4-8-12(10)15-11/h1-8H. The van der Waals surface area contributed by atoms with Crippen LogP contribution in [-0.4, -0.2) is 0 Å². The Kier molecular flexibility index (Phi) is 1.96. The van der Waals surface area contributed by atoms with Gasteiger partial charge in [-0.1, -0.05) is 24.3 Å². The molecule has 74 valence electrons. The average molecular weight is 216 g/mol. The molecule has 2 aromatic carbocycles. The SMILES string of the molecule is c1ccc2sc3ccccc3ooc2c1. The molecule has 0 fully saturated rings. The molecule has 0 saturated heterocycles. The third-order valence-electron chi connectivity index (χ3n) is 2.14. The number of benzene rings is 2. The van der Waals surface area contributed by atoms with Gasteiger partial charge in [0, 0.05) is 0 Å². The Morgan fingerprint density at radius 1 is 0.667 bits per heavy atom. The molecule has 0 bridgehead atoms. The average Bonchev–Trinajstić information content (AvgIpc) is 2.48. The minimum absolute atomic E-state index is 0.763. The van der Waals surface area contributed by atoms with E-state index in [1.165, 1.54) is 0 Å². The van der Waals surface area contributed by atoms with Crippen molar-refractivity contribution in [2.45, 2.75) is 0 Å². The highest BCUT2D eigenvalue weighted by molar-refractivity contribution is 7.24. The van der Waals surface area contributed by atoms with E-state index in [9.17, 15) is 0 Å². The van der Waals surface area contributed by atoms with Gasteiger partial charge >= 0.3 is 0 Å². The summed E-state index contributed by atoms with van der Waals surface area (Å²) in [5.74, 6) is 0. The van der Waals surface area contributed by atoms with E-state index in [-0.39, 0.29) is 0 Å². The summed E-state index contributed by atoms with van der Waals surface area (Å²) in [5, 5.41) is 0. The minimum atomic E-state index is 0.763. The van der Waals surface area contributed by atoms with Crippen LogP contribution in [0, 0.1) is 0 Å². The molecular formula is C12H8O2S. The molecule has 0 N–H and O–H groups in total. The molecule has 0 radical (unpaired) electrons. The van der Waals surface area contributed by atoms with Gasteiger partial charge < -0.3 is 0 Å². The van der Waals surface area contributed by atoms with Gasteiger partial charge in [0.1, 0.15) is 0 Å². The van der Waals surface area contributed by atoms with Crippen LogP contribution in [0.15, 0.2) is 57.7 Å². The van der Waals surface area contributed by atoms with Crippen LogP contribution in [0.2, 0.25) is 0 Å². The van der Waals surface area contributed by atoms with Crippen molar-refractivity contribution in [3.8, 4) is 0 Å². The second-order valence-corrected chi connectivity index (χ2v) is 4.25. The molecule has 0 atom stereocenters. The Hall–Kier alpha value is -1.74. The summed E-state index contributed by atoms with van der Waals surface area (Å²) in [6, 6.07) is 15.7. The van der Waals surface area contributed by atoms with Crippen molar-refractivity contribution < 1.29 is 9.15 Å². The number of fused-ring (bicyclic) bond motifs is 2. The Bertz CT molecular complexity index is 588. The molecule has 2 nitrogen and oxygen atoms in total. The van der Waals surface area contributed by atoms with E-state index in [1.807, 2.05) is 48.5 Å². The van der Waals surface area contributed by atoms with Gasteiger partial charge in [0.25, 0.3) is 0 Å².